The molecule has 1 aromatic carbocycles. The Morgan fingerprint density at radius 3 is 2.35 bits per heavy atom. The Balaban J connectivity index is 2.63. The molecule has 2 atom stereocenters. The molecule has 0 heterocycles. The number of nitrogens with one attached hydrogen (secondary N) is 1. The van der Waals surface area contributed by atoms with Crippen molar-refractivity contribution in [1.82, 2.24) is 0 Å². The summed E-state index contributed by atoms with van der Waals surface area (Å²) in [5.74, 6) is 0.746. The van der Waals surface area contributed by atoms with Crippen LogP contribution in [0.3, 0.4) is 0 Å². The third kappa shape index (κ3) is 4.77. The summed E-state index contributed by atoms with van der Waals surface area (Å²) in [6.07, 6.45) is 3.53. The molecule has 0 aliphatic rings. The van der Waals surface area contributed by atoms with E-state index in [2.05, 4.69) is 26.1 Å². The molecule has 1 N–H and O–H groups in total. The van der Waals surface area contributed by atoms with Gasteiger partial charge in [-0.2, -0.15) is 0 Å². The van der Waals surface area contributed by atoms with E-state index in [1.165, 1.54) is 12.8 Å². The second-order valence-corrected chi connectivity index (χ2v) is 5.44. The van der Waals surface area contributed by atoms with Crippen LogP contribution in [-0.4, -0.2) is 6.04 Å². The lowest BCUT2D eigenvalue weighted by Gasteiger charge is -2.21. The fourth-order valence-corrected chi connectivity index (χ4v) is 2.10. The summed E-state index contributed by atoms with van der Waals surface area (Å²) in [5.41, 5.74) is 1.05. The normalized spacial score (nSPS) is 14.4. The Hall–Kier alpha value is -0.400. The van der Waals surface area contributed by atoms with E-state index in [9.17, 15) is 0 Å². The lowest BCUT2D eigenvalue weighted by atomic mass is 9.97. The van der Waals surface area contributed by atoms with Gasteiger partial charge in [0.15, 0.2) is 0 Å². The minimum absolute atomic E-state index is 0.502. The number of anilines is 1. The molecule has 0 spiro atoms. The lowest BCUT2D eigenvalue weighted by molar-refractivity contribution is 0.462. The molecular weight excluding hydrogens is 253 g/mol. The maximum Gasteiger partial charge on any atom is 0.0612 e. The third-order valence-corrected chi connectivity index (χ3v) is 3.91. The Morgan fingerprint density at radius 1 is 1.12 bits per heavy atom. The molecule has 0 fully saturated rings. The van der Waals surface area contributed by atoms with Crippen LogP contribution in [0.4, 0.5) is 5.69 Å². The molecule has 0 aliphatic heterocycles. The first kappa shape index (κ1) is 14.7. The van der Waals surface area contributed by atoms with Crippen molar-refractivity contribution in [2.45, 2.75) is 46.1 Å². The van der Waals surface area contributed by atoms with Crippen LogP contribution in [0, 0.1) is 5.92 Å². The highest BCUT2D eigenvalue weighted by Crippen LogP contribution is 2.26. The molecule has 0 aliphatic carbocycles. The molecule has 17 heavy (non-hydrogen) atoms. The smallest absolute Gasteiger partial charge is 0.0612 e. The number of rotatable bonds is 6. The van der Waals surface area contributed by atoms with Crippen molar-refractivity contribution in [2.24, 2.45) is 5.92 Å². The van der Waals surface area contributed by atoms with Gasteiger partial charge in [0.05, 0.1) is 10.0 Å². The number of hydrogen-bond donors (Lipinski definition) is 1. The van der Waals surface area contributed by atoms with Gasteiger partial charge in [-0.15, -0.1) is 0 Å². The first-order chi connectivity index (χ1) is 8.06. The highest BCUT2D eigenvalue weighted by molar-refractivity contribution is 6.42. The van der Waals surface area contributed by atoms with Gasteiger partial charge in [0.2, 0.25) is 0 Å². The van der Waals surface area contributed by atoms with Gasteiger partial charge in [0, 0.05) is 11.7 Å². The quantitative estimate of drug-likeness (QED) is 0.709. The van der Waals surface area contributed by atoms with E-state index in [4.69, 9.17) is 23.2 Å². The number of benzene rings is 1. The van der Waals surface area contributed by atoms with Gasteiger partial charge >= 0.3 is 0 Å². The average Bonchev–Trinajstić information content (AvgIpc) is 2.32. The van der Waals surface area contributed by atoms with Gasteiger partial charge in [-0.25, -0.2) is 0 Å². The van der Waals surface area contributed by atoms with Crippen molar-refractivity contribution in [3.63, 3.8) is 0 Å². The minimum atomic E-state index is 0.502. The summed E-state index contributed by atoms with van der Waals surface area (Å²) >= 11 is 11.9. The van der Waals surface area contributed by atoms with Gasteiger partial charge in [0.1, 0.15) is 0 Å². The molecule has 1 nitrogen and oxygen atoms in total. The van der Waals surface area contributed by atoms with Crippen molar-refractivity contribution in [2.75, 3.05) is 5.32 Å². The molecule has 1 rings (SSSR count). The van der Waals surface area contributed by atoms with E-state index >= 15 is 0 Å². The summed E-state index contributed by atoms with van der Waals surface area (Å²) in [7, 11) is 0. The predicted octanol–water partition coefficient (Wildman–Crippen LogP) is 5.62. The van der Waals surface area contributed by atoms with E-state index in [0.29, 0.717) is 16.1 Å². The lowest BCUT2D eigenvalue weighted by Crippen LogP contribution is -2.21. The molecule has 0 saturated carbocycles. The van der Waals surface area contributed by atoms with Crippen LogP contribution in [0.5, 0.6) is 0 Å². The van der Waals surface area contributed by atoms with Gasteiger partial charge in [-0.3, -0.25) is 0 Å². The summed E-state index contributed by atoms with van der Waals surface area (Å²) in [5, 5.41) is 4.73. The standard InChI is InChI=1S/C14H21Cl2N/c1-4-10(3)8-11(5-2)17-12-6-7-13(15)14(16)9-12/h6-7,9-11,17H,4-5,8H2,1-3H3. The van der Waals surface area contributed by atoms with Gasteiger partial charge in [-0.05, 0) is 37.0 Å². The van der Waals surface area contributed by atoms with Crippen molar-refractivity contribution < 1.29 is 0 Å². The Kier molecular flexibility index (Phi) is 6.15. The number of halogens is 2. The van der Waals surface area contributed by atoms with E-state index < -0.39 is 0 Å². The Bertz CT molecular complexity index is 352. The second kappa shape index (κ2) is 7.13. The van der Waals surface area contributed by atoms with Crippen LogP contribution in [0.15, 0.2) is 18.2 Å². The summed E-state index contributed by atoms with van der Waals surface area (Å²) < 4.78 is 0. The highest BCUT2D eigenvalue weighted by Gasteiger charge is 2.10. The third-order valence-electron chi connectivity index (χ3n) is 3.17. The molecular formula is C14H21Cl2N. The summed E-state index contributed by atoms with van der Waals surface area (Å²) in [4.78, 5) is 0. The first-order valence-corrected chi connectivity index (χ1v) is 7.04. The zero-order valence-electron chi connectivity index (χ0n) is 10.8. The first-order valence-electron chi connectivity index (χ1n) is 6.28. The maximum atomic E-state index is 6.00. The molecule has 0 saturated heterocycles. The number of hydrogen-bond acceptors (Lipinski definition) is 1. The van der Waals surface area contributed by atoms with Gasteiger partial charge in [0.25, 0.3) is 0 Å². The fraction of sp³-hybridized carbons (Fsp3) is 0.571. The molecule has 0 bridgehead atoms. The zero-order chi connectivity index (χ0) is 12.8. The van der Waals surface area contributed by atoms with Gasteiger partial charge < -0.3 is 5.32 Å². The van der Waals surface area contributed by atoms with E-state index in [1.807, 2.05) is 18.2 Å². The molecule has 2 unspecified atom stereocenters. The van der Waals surface area contributed by atoms with Crippen molar-refractivity contribution in [1.29, 1.82) is 0 Å². The molecule has 1 aromatic rings. The van der Waals surface area contributed by atoms with Crippen LogP contribution in [0.2, 0.25) is 10.0 Å². The topological polar surface area (TPSA) is 12.0 Å². The van der Waals surface area contributed by atoms with Crippen molar-refractivity contribution >= 4 is 28.9 Å². The molecule has 3 heteroatoms. The van der Waals surface area contributed by atoms with Crippen LogP contribution in [0.25, 0.3) is 0 Å². The van der Waals surface area contributed by atoms with Crippen LogP contribution < -0.4 is 5.32 Å². The predicted molar refractivity (Wildman–Crippen MR) is 78.2 cm³/mol. The van der Waals surface area contributed by atoms with E-state index in [1.54, 1.807) is 0 Å². The van der Waals surface area contributed by atoms with Crippen molar-refractivity contribution in [3.05, 3.63) is 28.2 Å². The Labute approximate surface area is 115 Å². The Morgan fingerprint density at radius 2 is 1.82 bits per heavy atom. The fourth-order valence-electron chi connectivity index (χ4n) is 1.80. The summed E-state index contributed by atoms with van der Waals surface area (Å²) in [6.45, 7) is 6.73. The molecule has 0 amide bonds. The minimum Gasteiger partial charge on any atom is -0.382 e. The molecule has 0 radical (unpaired) electrons. The van der Waals surface area contributed by atoms with E-state index in [-0.39, 0.29) is 0 Å². The summed E-state index contributed by atoms with van der Waals surface area (Å²) in [6, 6.07) is 6.21. The largest absolute Gasteiger partial charge is 0.382 e. The molecule has 96 valence electrons. The van der Waals surface area contributed by atoms with Crippen LogP contribution in [-0.2, 0) is 0 Å². The van der Waals surface area contributed by atoms with Crippen molar-refractivity contribution in [3.8, 4) is 0 Å². The van der Waals surface area contributed by atoms with Crippen LogP contribution >= 0.6 is 23.2 Å². The van der Waals surface area contributed by atoms with Gasteiger partial charge in [-0.1, -0.05) is 50.4 Å². The monoisotopic (exact) mass is 273 g/mol. The highest BCUT2D eigenvalue weighted by atomic mass is 35.5. The SMILES string of the molecule is CCC(C)CC(CC)Nc1ccc(Cl)c(Cl)c1. The maximum absolute atomic E-state index is 6.00. The average molecular weight is 274 g/mol. The van der Waals surface area contributed by atoms with Crippen LogP contribution in [0.1, 0.15) is 40.0 Å². The second-order valence-electron chi connectivity index (χ2n) is 4.63. The van der Waals surface area contributed by atoms with E-state index in [0.717, 1.165) is 18.0 Å². The zero-order valence-corrected chi connectivity index (χ0v) is 12.3. The molecule has 0 aromatic heterocycles.